The molecule has 41 heavy (non-hydrogen) atoms. The SMILES string of the molecule is COc1ccc(C2CC(=O)C3=C(C2)N=C(C)C(C(=O)OCCc2ccccc2)C3c2ccccc2OC(C)C)cc1. The van der Waals surface area contributed by atoms with E-state index in [0.29, 0.717) is 36.3 Å². The van der Waals surface area contributed by atoms with Gasteiger partial charge in [-0.25, -0.2) is 0 Å². The van der Waals surface area contributed by atoms with E-state index in [1.165, 1.54) is 0 Å². The monoisotopic (exact) mass is 551 g/mol. The number of hydrogen-bond acceptors (Lipinski definition) is 6. The lowest BCUT2D eigenvalue weighted by Crippen LogP contribution is -2.38. The van der Waals surface area contributed by atoms with Gasteiger partial charge >= 0.3 is 5.97 Å². The van der Waals surface area contributed by atoms with Gasteiger partial charge < -0.3 is 14.2 Å². The quantitative estimate of drug-likeness (QED) is 0.272. The second-order valence-electron chi connectivity index (χ2n) is 11.0. The maximum Gasteiger partial charge on any atom is 0.315 e. The molecule has 2 aliphatic rings. The van der Waals surface area contributed by atoms with E-state index in [2.05, 4.69) is 0 Å². The third-order valence-electron chi connectivity index (χ3n) is 7.82. The molecule has 3 aromatic rings. The van der Waals surface area contributed by atoms with Crippen LogP contribution in [0.4, 0.5) is 0 Å². The first kappa shape index (κ1) is 28.3. The summed E-state index contributed by atoms with van der Waals surface area (Å²) < 4.78 is 17.4. The van der Waals surface area contributed by atoms with Gasteiger partial charge in [-0.3, -0.25) is 14.6 Å². The molecule has 0 spiro atoms. The van der Waals surface area contributed by atoms with Crippen molar-refractivity contribution in [2.75, 3.05) is 13.7 Å². The van der Waals surface area contributed by atoms with Crippen LogP contribution in [-0.2, 0) is 20.7 Å². The van der Waals surface area contributed by atoms with Crippen LogP contribution < -0.4 is 9.47 Å². The number of ether oxygens (including phenoxy) is 3. The highest BCUT2D eigenvalue weighted by Gasteiger charge is 2.45. The molecule has 6 nitrogen and oxygen atoms in total. The number of para-hydroxylation sites is 1. The number of benzene rings is 3. The Morgan fingerprint density at radius 1 is 0.951 bits per heavy atom. The number of methoxy groups -OCH3 is 1. The van der Waals surface area contributed by atoms with Crippen LogP contribution in [0, 0.1) is 5.92 Å². The van der Waals surface area contributed by atoms with Gasteiger partial charge in [0, 0.05) is 41.3 Å². The smallest absolute Gasteiger partial charge is 0.315 e. The van der Waals surface area contributed by atoms with Crippen LogP contribution in [0.15, 0.2) is 95.1 Å². The fourth-order valence-electron chi connectivity index (χ4n) is 5.92. The molecule has 0 N–H and O–H groups in total. The molecule has 0 bridgehead atoms. The summed E-state index contributed by atoms with van der Waals surface area (Å²) in [7, 11) is 1.64. The van der Waals surface area contributed by atoms with Crippen LogP contribution in [0.5, 0.6) is 11.5 Å². The van der Waals surface area contributed by atoms with Crippen molar-refractivity contribution in [3.63, 3.8) is 0 Å². The largest absolute Gasteiger partial charge is 0.497 e. The second kappa shape index (κ2) is 12.5. The van der Waals surface area contributed by atoms with Crippen molar-refractivity contribution in [3.8, 4) is 11.5 Å². The number of rotatable bonds is 9. The van der Waals surface area contributed by atoms with E-state index in [4.69, 9.17) is 19.2 Å². The normalized spacial score (nSPS) is 20.4. The zero-order valence-electron chi connectivity index (χ0n) is 24.1. The molecule has 3 aromatic carbocycles. The molecule has 0 saturated heterocycles. The Morgan fingerprint density at radius 2 is 1.66 bits per heavy atom. The number of Topliss-reactive ketones (excluding diaryl/α,β-unsaturated/α-hetero) is 1. The first-order valence-electron chi connectivity index (χ1n) is 14.3. The van der Waals surface area contributed by atoms with Gasteiger partial charge in [0.15, 0.2) is 5.78 Å². The number of allylic oxidation sites excluding steroid dienone is 2. The van der Waals surface area contributed by atoms with Gasteiger partial charge in [-0.15, -0.1) is 0 Å². The van der Waals surface area contributed by atoms with E-state index in [-0.39, 0.29) is 30.4 Å². The van der Waals surface area contributed by atoms with Crippen molar-refractivity contribution in [1.29, 1.82) is 0 Å². The first-order valence-corrected chi connectivity index (χ1v) is 14.3. The minimum absolute atomic E-state index is 0.000822. The van der Waals surface area contributed by atoms with Crippen LogP contribution in [0.2, 0.25) is 0 Å². The van der Waals surface area contributed by atoms with E-state index in [9.17, 15) is 9.59 Å². The van der Waals surface area contributed by atoms with Crippen LogP contribution in [0.25, 0.3) is 0 Å². The lowest BCUT2D eigenvalue weighted by Gasteiger charge is -2.37. The Kier molecular flexibility index (Phi) is 8.67. The van der Waals surface area contributed by atoms with Crippen molar-refractivity contribution in [3.05, 3.63) is 107 Å². The lowest BCUT2D eigenvalue weighted by atomic mass is 9.69. The average Bonchev–Trinajstić information content (AvgIpc) is 2.97. The van der Waals surface area contributed by atoms with Crippen LogP contribution in [0.3, 0.4) is 0 Å². The predicted octanol–water partition coefficient (Wildman–Crippen LogP) is 6.84. The summed E-state index contributed by atoms with van der Waals surface area (Å²) in [6, 6.07) is 25.5. The number of carbonyl (C=O) groups is 2. The Hall–Kier alpha value is -4.19. The van der Waals surface area contributed by atoms with Crippen LogP contribution >= 0.6 is 0 Å². The molecule has 0 amide bonds. The van der Waals surface area contributed by atoms with Gasteiger partial charge in [0.25, 0.3) is 0 Å². The summed E-state index contributed by atoms with van der Waals surface area (Å²) in [6.45, 7) is 6.06. The van der Waals surface area contributed by atoms with E-state index in [1.54, 1.807) is 7.11 Å². The van der Waals surface area contributed by atoms with Gasteiger partial charge in [-0.2, -0.15) is 0 Å². The topological polar surface area (TPSA) is 74.2 Å². The predicted molar refractivity (Wildman–Crippen MR) is 160 cm³/mol. The highest BCUT2D eigenvalue weighted by molar-refractivity contribution is 6.09. The number of ketones is 1. The minimum Gasteiger partial charge on any atom is -0.497 e. The zero-order valence-corrected chi connectivity index (χ0v) is 24.1. The third-order valence-corrected chi connectivity index (χ3v) is 7.82. The first-order chi connectivity index (χ1) is 19.9. The summed E-state index contributed by atoms with van der Waals surface area (Å²) in [4.78, 5) is 32.6. The highest BCUT2D eigenvalue weighted by Crippen LogP contribution is 2.48. The Labute approximate surface area is 242 Å². The van der Waals surface area contributed by atoms with Gasteiger partial charge in [0.05, 0.1) is 19.8 Å². The van der Waals surface area contributed by atoms with Crippen molar-refractivity contribution < 1.29 is 23.8 Å². The van der Waals surface area contributed by atoms with Crippen molar-refractivity contribution in [1.82, 2.24) is 0 Å². The summed E-state index contributed by atoms with van der Waals surface area (Å²) >= 11 is 0. The zero-order chi connectivity index (χ0) is 28.9. The molecule has 5 rings (SSSR count). The van der Waals surface area contributed by atoms with Crippen molar-refractivity contribution >= 4 is 17.5 Å². The van der Waals surface area contributed by atoms with Crippen LogP contribution in [0.1, 0.15) is 62.1 Å². The van der Waals surface area contributed by atoms with Gasteiger partial charge in [0.2, 0.25) is 0 Å². The highest BCUT2D eigenvalue weighted by atomic mass is 16.5. The third kappa shape index (κ3) is 6.27. The van der Waals surface area contributed by atoms with Gasteiger partial charge in [-0.05, 0) is 62.4 Å². The van der Waals surface area contributed by atoms with Crippen LogP contribution in [-0.4, -0.2) is 37.3 Å². The Balaban J connectivity index is 1.50. The molecule has 3 unspecified atom stereocenters. The fraction of sp³-hybridized carbons (Fsp3) is 0.343. The summed E-state index contributed by atoms with van der Waals surface area (Å²) in [5.41, 5.74) is 4.98. The summed E-state index contributed by atoms with van der Waals surface area (Å²) in [5.74, 6) is -0.174. The molecule has 3 atom stereocenters. The summed E-state index contributed by atoms with van der Waals surface area (Å²) in [5, 5.41) is 0. The molecular formula is C35H37NO5. The number of carbonyl (C=O) groups excluding carboxylic acids is 2. The van der Waals surface area contributed by atoms with Crippen molar-refractivity contribution in [2.24, 2.45) is 10.9 Å². The van der Waals surface area contributed by atoms with E-state index in [1.807, 2.05) is 99.6 Å². The molecule has 1 aliphatic carbocycles. The maximum absolute atomic E-state index is 14.0. The van der Waals surface area contributed by atoms with E-state index >= 15 is 0 Å². The molecule has 0 saturated carbocycles. The number of aliphatic imine (C=N–C) groups is 1. The molecule has 1 aliphatic heterocycles. The second-order valence-corrected chi connectivity index (χ2v) is 11.0. The van der Waals surface area contributed by atoms with Gasteiger partial charge in [-0.1, -0.05) is 60.7 Å². The van der Waals surface area contributed by atoms with E-state index in [0.717, 1.165) is 28.1 Å². The minimum atomic E-state index is -0.720. The lowest BCUT2D eigenvalue weighted by molar-refractivity contribution is -0.146. The number of esters is 1. The fourth-order valence-corrected chi connectivity index (χ4v) is 5.92. The maximum atomic E-state index is 14.0. The average molecular weight is 552 g/mol. The van der Waals surface area contributed by atoms with Crippen molar-refractivity contribution in [2.45, 2.75) is 58.0 Å². The summed E-state index contributed by atoms with van der Waals surface area (Å²) in [6.07, 6.45) is 1.51. The Morgan fingerprint density at radius 3 is 2.37 bits per heavy atom. The van der Waals surface area contributed by atoms with E-state index < -0.39 is 11.8 Å². The number of hydrogen-bond donors (Lipinski definition) is 0. The number of nitrogens with zero attached hydrogens (tertiary/aromatic N) is 1. The molecule has 0 fully saturated rings. The molecule has 0 radical (unpaired) electrons. The van der Waals surface area contributed by atoms with Gasteiger partial charge in [0.1, 0.15) is 17.4 Å². The molecule has 6 heteroatoms. The molecular weight excluding hydrogens is 514 g/mol. The molecule has 0 aromatic heterocycles. The Bertz CT molecular complexity index is 1460. The standard InChI is InChI=1S/C35H37NO5/c1-22(2)41-31-13-9-8-12-28(31)33-32(35(38)40-19-18-24-10-6-5-7-11-24)23(3)36-29-20-26(21-30(37)34(29)33)25-14-16-27(39-4)17-15-25/h5-17,22,26,32-33H,18-21H2,1-4H3. The molecule has 212 valence electrons. The molecule has 1 heterocycles.